The van der Waals surface area contributed by atoms with Crippen LogP contribution in [0.3, 0.4) is 0 Å². The molecular weight excluding hydrogens is 216 g/mol. The summed E-state index contributed by atoms with van der Waals surface area (Å²) in [4.78, 5) is 13.8. The Balaban J connectivity index is 2.21. The van der Waals surface area contributed by atoms with Gasteiger partial charge in [-0.2, -0.15) is 0 Å². The molecule has 0 aromatic heterocycles. The maximum atomic E-state index is 11.9. The Morgan fingerprint density at radius 1 is 1.35 bits per heavy atom. The molecule has 2 N–H and O–H groups in total. The van der Waals surface area contributed by atoms with E-state index in [2.05, 4.69) is 0 Å². The molecule has 0 aromatic rings. The van der Waals surface area contributed by atoms with Gasteiger partial charge in [0, 0.05) is 38.8 Å². The Morgan fingerprint density at radius 2 is 2.00 bits per heavy atom. The highest BCUT2D eigenvalue weighted by atomic mass is 16.5. The van der Waals surface area contributed by atoms with Gasteiger partial charge in [0.25, 0.3) is 0 Å². The SMILES string of the molecule is CCOCCCC(=O)N(C)C1CCC(N)CC1. The third-order valence-corrected chi connectivity index (χ3v) is 3.57. The zero-order valence-electron chi connectivity index (χ0n) is 11.2. The first-order valence-electron chi connectivity index (χ1n) is 6.74. The van der Waals surface area contributed by atoms with E-state index in [0.29, 0.717) is 25.1 Å². The molecule has 1 aliphatic rings. The van der Waals surface area contributed by atoms with Gasteiger partial charge in [0.2, 0.25) is 5.91 Å². The van der Waals surface area contributed by atoms with Crippen LogP contribution < -0.4 is 5.73 Å². The Hall–Kier alpha value is -0.610. The maximum absolute atomic E-state index is 11.9. The Labute approximate surface area is 104 Å². The molecule has 1 fully saturated rings. The number of amides is 1. The second kappa shape index (κ2) is 7.67. The summed E-state index contributed by atoms with van der Waals surface area (Å²) in [5, 5.41) is 0. The molecule has 1 rings (SSSR count). The molecule has 4 heteroatoms. The summed E-state index contributed by atoms with van der Waals surface area (Å²) in [6.45, 7) is 3.38. The summed E-state index contributed by atoms with van der Waals surface area (Å²) < 4.78 is 5.24. The quantitative estimate of drug-likeness (QED) is 0.719. The fourth-order valence-electron chi connectivity index (χ4n) is 2.34. The standard InChI is InChI=1S/C13H26N2O2/c1-3-17-10-4-5-13(16)15(2)12-8-6-11(14)7-9-12/h11-12H,3-10,14H2,1-2H3. The van der Waals surface area contributed by atoms with Crippen LogP contribution in [-0.2, 0) is 9.53 Å². The predicted octanol–water partition coefficient (Wildman–Crippen LogP) is 1.53. The number of carbonyl (C=O) groups is 1. The lowest BCUT2D eigenvalue weighted by atomic mass is 9.91. The first kappa shape index (κ1) is 14.5. The highest BCUT2D eigenvalue weighted by Gasteiger charge is 2.24. The fourth-order valence-corrected chi connectivity index (χ4v) is 2.34. The average molecular weight is 242 g/mol. The summed E-state index contributed by atoms with van der Waals surface area (Å²) in [6, 6.07) is 0.738. The predicted molar refractivity (Wildman–Crippen MR) is 68.7 cm³/mol. The van der Waals surface area contributed by atoms with Gasteiger partial charge in [-0.25, -0.2) is 0 Å². The van der Waals surface area contributed by atoms with Gasteiger partial charge < -0.3 is 15.4 Å². The van der Waals surface area contributed by atoms with E-state index in [1.807, 2.05) is 18.9 Å². The zero-order valence-corrected chi connectivity index (χ0v) is 11.2. The summed E-state index contributed by atoms with van der Waals surface area (Å²) in [5.74, 6) is 0.241. The number of nitrogens with zero attached hydrogens (tertiary/aromatic N) is 1. The van der Waals surface area contributed by atoms with Gasteiger partial charge in [-0.3, -0.25) is 4.79 Å². The lowest BCUT2D eigenvalue weighted by molar-refractivity contribution is -0.133. The van der Waals surface area contributed by atoms with Crippen molar-refractivity contribution in [1.29, 1.82) is 0 Å². The summed E-state index contributed by atoms with van der Waals surface area (Å²) >= 11 is 0. The molecule has 1 amide bonds. The van der Waals surface area contributed by atoms with E-state index in [1.54, 1.807) is 0 Å². The van der Waals surface area contributed by atoms with Crippen molar-refractivity contribution in [2.24, 2.45) is 5.73 Å². The van der Waals surface area contributed by atoms with E-state index in [0.717, 1.165) is 38.7 Å². The van der Waals surface area contributed by atoms with Crippen LogP contribution in [0.4, 0.5) is 0 Å². The van der Waals surface area contributed by atoms with Crippen LogP contribution in [0.5, 0.6) is 0 Å². The first-order chi connectivity index (χ1) is 8.15. The lowest BCUT2D eigenvalue weighted by Crippen LogP contribution is -2.41. The van der Waals surface area contributed by atoms with Gasteiger partial charge in [-0.05, 0) is 39.0 Å². The van der Waals surface area contributed by atoms with Crippen molar-refractivity contribution in [2.45, 2.75) is 57.5 Å². The molecule has 4 nitrogen and oxygen atoms in total. The lowest BCUT2D eigenvalue weighted by Gasteiger charge is -2.33. The highest BCUT2D eigenvalue weighted by Crippen LogP contribution is 2.21. The number of rotatable bonds is 6. The Kier molecular flexibility index (Phi) is 6.52. The van der Waals surface area contributed by atoms with Crippen LogP contribution in [0.2, 0.25) is 0 Å². The third-order valence-electron chi connectivity index (χ3n) is 3.57. The second-order valence-corrected chi connectivity index (χ2v) is 4.87. The van der Waals surface area contributed by atoms with E-state index >= 15 is 0 Å². The Bertz CT molecular complexity index is 225. The molecule has 17 heavy (non-hydrogen) atoms. The highest BCUT2D eigenvalue weighted by molar-refractivity contribution is 5.76. The minimum atomic E-state index is 0.241. The monoisotopic (exact) mass is 242 g/mol. The fraction of sp³-hybridized carbons (Fsp3) is 0.923. The number of ether oxygens (including phenoxy) is 1. The molecule has 0 aromatic carbocycles. The van der Waals surface area contributed by atoms with Gasteiger partial charge in [-0.15, -0.1) is 0 Å². The van der Waals surface area contributed by atoms with Crippen molar-refractivity contribution in [3.63, 3.8) is 0 Å². The number of hydrogen-bond donors (Lipinski definition) is 1. The Morgan fingerprint density at radius 3 is 2.59 bits per heavy atom. The average Bonchev–Trinajstić information content (AvgIpc) is 2.34. The van der Waals surface area contributed by atoms with E-state index in [4.69, 9.17) is 10.5 Å². The summed E-state index contributed by atoms with van der Waals surface area (Å²) in [6.07, 6.45) is 5.61. The van der Waals surface area contributed by atoms with Crippen LogP contribution in [0.25, 0.3) is 0 Å². The van der Waals surface area contributed by atoms with Crippen molar-refractivity contribution in [3.05, 3.63) is 0 Å². The minimum absolute atomic E-state index is 0.241. The normalized spacial score (nSPS) is 24.6. The van der Waals surface area contributed by atoms with Crippen LogP contribution in [0, 0.1) is 0 Å². The van der Waals surface area contributed by atoms with Crippen LogP contribution in [0.15, 0.2) is 0 Å². The second-order valence-electron chi connectivity index (χ2n) is 4.87. The van der Waals surface area contributed by atoms with Crippen molar-refractivity contribution in [2.75, 3.05) is 20.3 Å². The van der Waals surface area contributed by atoms with Gasteiger partial charge in [0.05, 0.1) is 0 Å². The van der Waals surface area contributed by atoms with Crippen molar-refractivity contribution in [3.8, 4) is 0 Å². The van der Waals surface area contributed by atoms with Crippen LogP contribution >= 0.6 is 0 Å². The molecule has 0 radical (unpaired) electrons. The van der Waals surface area contributed by atoms with E-state index in [-0.39, 0.29) is 5.91 Å². The number of carbonyl (C=O) groups excluding carboxylic acids is 1. The van der Waals surface area contributed by atoms with Crippen molar-refractivity contribution >= 4 is 5.91 Å². The number of hydrogen-bond acceptors (Lipinski definition) is 3. The molecule has 0 saturated heterocycles. The molecule has 0 spiro atoms. The van der Waals surface area contributed by atoms with Gasteiger partial charge in [-0.1, -0.05) is 0 Å². The van der Waals surface area contributed by atoms with E-state index < -0.39 is 0 Å². The molecule has 1 saturated carbocycles. The number of nitrogens with two attached hydrogens (primary N) is 1. The van der Waals surface area contributed by atoms with Gasteiger partial charge in [0.1, 0.15) is 0 Å². The van der Waals surface area contributed by atoms with Crippen molar-refractivity contribution in [1.82, 2.24) is 4.90 Å². The maximum Gasteiger partial charge on any atom is 0.222 e. The van der Waals surface area contributed by atoms with Crippen LogP contribution in [0.1, 0.15) is 45.4 Å². The van der Waals surface area contributed by atoms with Gasteiger partial charge in [0.15, 0.2) is 0 Å². The smallest absolute Gasteiger partial charge is 0.222 e. The van der Waals surface area contributed by atoms with Crippen molar-refractivity contribution < 1.29 is 9.53 Å². The molecule has 0 aliphatic heterocycles. The van der Waals surface area contributed by atoms with Crippen LogP contribution in [-0.4, -0.2) is 43.2 Å². The largest absolute Gasteiger partial charge is 0.382 e. The summed E-state index contributed by atoms with van der Waals surface area (Å²) in [7, 11) is 1.92. The molecular formula is C13H26N2O2. The zero-order chi connectivity index (χ0) is 12.7. The first-order valence-corrected chi connectivity index (χ1v) is 6.74. The molecule has 0 heterocycles. The topological polar surface area (TPSA) is 55.6 Å². The van der Waals surface area contributed by atoms with E-state index in [9.17, 15) is 4.79 Å². The minimum Gasteiger partial charge on any atom is -0.382 e. The molecule has 0 unspecified atom stereocenters. The molecule has 0 atom stereocenters. The van der Waals surface area contributed by atoms with E-state index in [1.165, 1.54) is 0 Å². The molecule has 1 aliphatic carbocycles. The summed E-state index contributed by atoms with van der Waals surface area (Å²) in [5.41, 5.74) is 5.87. The molecule has 100 valence electrons. The van der Waals surface area contributed by atoms with Gasteiger partial charge >= 0.3 is 0 Å². The third kappa shape index (κ3) is 5.04. The molecule has 0 bridgehead atoms.